The number of halogens is 1. The highest BCUT2D eigenvalue weighted by Gasteiger charge is 2.45. The maximum absolute atomic E-state index is 14.4. The monoisotopic (exact) mass is 421 g/mol. The van der Waals surface area contributed by atoms with Crippen molar-refractivity contribution in [1.29, 1.82) is 0 Å². The molecule has 0 spiro atoms. The molecular weight excluding hydrogens is 397 g/mol. The molecule has 0 unspecified atom stereocenters. The fourth-order valence-corrected chi connectivity index (χ4v) is 4.79. The molecule has 1 aromatic rings. The van der Waals surface area contributed by atoms with Crippen molar-refractivity contribution in [3.05, 3.63) is 46.8 Å². The van der Waals surface area contributed by atoms with Gasteiger partial charge in [0.2, 0.25) is 5.91 Å². The Bertz CT molecular complexity index is 819. The molecule has 1 amide bonds. The molecule has 8 heteroatoms. The minimum absolute atomic E-state index is 0.0263. The van der Waals surface area contributed by atoms with Crippen molar-refractivity contribution in [3.8, 4) is 0 Å². The zero-order chi connectivity index (χ0) is 20.9. The molecule has 1 saturated heterocycles. The first kappa shape index (κ1) is 21.4. The fourth-order valence-electron chi connectivity index (χ4n) is 3.83. The zero-order valence-corrected chi connectivity index (χ0v) is 17.1. The first-order valence-electron chi connectivity index (χ1n) is 9.72. The Hall–Kier alpha value is -2.35. The van der Waals surface area contributed by atoms with Gasteiger partial charge in [-0.1, -0.05) is 42.8 Å². The van der Waals surface area contributed by atoms with Crippen LogP contribution in [-0.4, -0.2) is 48.3 Å². The fraction of sp³-hybridized carbons (Fsp3) is 0.476. The number of benzene rings is 1. The molecule has 156 valence electrons. The predicted octanol–water partition coefficient (Wildman–Crippen LogP) is 3.16. The maximum atomic E-state index is 14.4. The third-order valence-electron chi connectivity index (χ3n) is 5.22. The van der Waals surface area contributed by atoms with E-state index in [0.717, 1.165) is 12.8 Å². The van der Waals surface area contributed by atoms with Crippen LogP contribution in [0.15, 0.2) is 35.4 Å². The van der Waals surface area contributed by atoms with Crippen molar-refractivity contribution in [2.24, 2.45) is 0 Å². The average Bonchev–Trinajstić information content (AvgIpc) is 3.31. The van der Waals surface area contributed by atoms with Crippen LogP contribution in [0.5, 0.6) is 0 Å². The number of thioether (sulfide) groups is 1. The van der Waals surface area contributed by atoms with Crippen molar-refractivity contribution in [2.45, 2.75) is 38.0 Å². The minimum atomic E-state index is -0.973. The van der Waals surface area contributed by atoms with Gasteiger partial charge in [0.15, 0.2) is 0 Å². The van der Waals surface area contributed by atoms with Crippen LogP contribution in [0.1, 0.15) is 38.2 Å². The van der Waals surface area contributed by atoms with E-state index in [1.54, 1.807) is 25.1 Å². The largest absolute Gasteiger partial charge is 0.463 e. The lowest BCUT2D eigenvalue weighted by Gasteiger charge is -2.28. The van der Waals surface area contributed by atoms with Gasteiger partial charge in [-0.3, -0.25) is 9.59 Å². The summed E-state index contributed by atoms with van der Waals surface area (Å²) in [5.74, 6) is -1.33. The minimum Gasteiger partial charge on any atom is -0.463 e. The summed E-state index contributed by atoms with van der Waals surface area (Å²) in [6.45, 7) is 2.06. The van der Waals surface area contributed by atoms with E-state index in [-0.39, 0.29) is 31.4 Å². The Morgan fingerprint density at radius 3 is 2.66 bits per heavy atom. The lowest BCUT2D eigenvalue weighted by atomic mass is 9.78. The number of rotatable bonds is 7. The number of hydrogen-bond donors (Lipinski definition) is 0. The number of nitrogens with zero attached hydrogens (tertiary/aromatic N) is 1. The van der Waals surface area contributed by atoms with Crippen LogP contribution in [0.4, 0.5) is 4.39 Å². The number of hydrogen-bond acceptors (Lipinski definition) is 6. The molecule has 3 rings (SSSR count). The summed E-state index contributed by atoms with van der Waals surface area (Å²) in [6.07, 6.45) is 4.02. The summed E-state index contributed by atoms with van der Waals surface area (Å²) in [6, 6.07) is 6.32. The van der Waals surface area contributed by atoms with Gasteiger partial charge in [-0.2, -0.15) is 0 Å². The second-order valence-corrected chi connectivity index (χ2v) is 7.97. The summed E-state index contributed by atoms with van der Waals surface area (Å²) in [5.41, 5.74) is -0.600. The number of amides is 1. The molecule has 2 fully saturated rings. The molecule has 0 radical (unpaired) electrons. The molecule has 1 heterocycles. The third-order valence-corrected chi connectivity index (χ3v) is 6.25. The first-order chi connectivity index (χ1) is 14.0. The van der Waals surface area contributed by atoms with Gasteiger partial charge < -0.3 is 14.4 Å². The van der Waals surface area contributed by atoms with Gasteiger partial charge in [-0.15, -0.1) is 0 Å². The first-order valence-corrected chi connectivity index (χ1v) is 10.7. The summed E-state index contributed by atoms with van der Waals surface area (Å²) in [5, 5.41) is 0.481. The van der Waals surface area contributed by atoms with Gasteiger partial charge in [0.05, 0.1) is 35.4 Å². The second kappa shape index (κ2) is 9.43. The number of carbonyl (C=O) groups is 3. The second-order valence-electron chi connectivity index (χ2n) is 6.97. The number of ether oxygens (including phenoxy) is 2. The molecular formula is C21H24FNO5S. The molecule has 2 aliphatic rings. The average molecular weight is 421 g/mol. The smallest absolute Gasteiger partial charge is 0.333 e. The molecule has 1 aliphatic carbocycles. The van der Waals surface area contributed by atoms with E-state index in [1.807, 2.05) is 0 Å². The van der Waals surface area contributed by atoms with E-state index in [1.165, 1.54) is 28.8 Å². The molecule has 1 saturated carbocycles. The van der Waals surface area contributed by atoms with E-state index in [0.29, 0.717) is 23.4 Å². The van der Waals surface area contributed by atoms with Gasteiger partial charge >= 0.3 is 11.9 Å². The molecule has 0 aromatic heterocycles. The highest BCUT2D eigenvalue weighted by atomic mass is 32.2. The highest BCUT2D eigenvalue weighted by molar-refractivity contribution is 8.04. The van der Waals surface area contributed by atoms with Crippen molar-refractivity contribution < 1.29 is 28.2 Å². The normalized spacial score (nSPS) is 19.6. The van der Waals surface area contributed by atoms with Crippen molar-refractivity contribution >= 4 is 29.6 Å². The summed E-state index contributed by atoms with van der Waals surface area (Å²) in [4.78, 5) is 38.1. The highest BCUT2D eigenvalue weighted by Crippen LogP contribution is 2.43. The lowest BCUT2D eigenvalue weighted by molar-refractivity contribution is -0.151. The molecule has 6 nitrogen and oxygen atoms in total. The molecule has 0 bridgehead atoms. The van der Waals surface area contributed by atoms with Crippen molar-refractivity contribution in [2.75, 3.05) is 25.5 Å². The van der Waals surface area contributed by atoms with E-state index in [4.69, 9.17) is 9.47 Å². The van der Waals surface area contributed by atoms with E-state index in [9.17, 15) is 18.8 Å². The summed E-state index contributed by atoms with van der Waals surface area (Å²) in [7, 11) is 0. The topological polar surface area (TPSA) is 72.9 Å². The Morgan fingerprint density at radius 1 is 1.24 bits per heavy atom. The van der Waals surface area contributed by atoms with Crippen LogP contribution < -0.4 is 0 Å². The van der Waals surface area contributed by atoms with Crippen LogP contribution in [0, 0.1) is 5.82 Å². The Kier molecular flexibility index (Phi) is 6.95. The van der Waals surface area contributed by atoms with Crippen molar-refractivity contribution in [1.82, 2.24) is 4.90 Å². The van der Waals surface area contributed by atoms with Crippen molar-refractivity contribution in [3.63, 3.8) is 0 Å². The van der Waals surface area contributed by atoms with E-state index >= 15 is 0 Å². The lowest BCUT2D eigenvalue weighted by Crippen LogP contribution is -2.37. The molecule has 0 N–H and O–H groups in total. The standard InChI is InChI=1S/C21H24FNO5S/c1-2-27-19(25)13-18-23(17(24)14-29-18)11-12-28-20(26)21(9-5-6-10-21)15-7-3-4-8-16(15)22/h3-4,7-8,13H,2,5-6,9-12,14H2,1H3/b18-13-. The van der Waals surface area contributed by atoms with Crippen LogP contribution >= 0.6 is 11.8 Å². The number of esters is 2. The Labute approximate surface area is 173 Å². The Morgan fingerprint density at radius 2 is 1.97 bits per heavy atom. The van der Waals surface area contributed by atoms with Gasteiger partial charge in [0.1, 0.15) is 12.4 Å². The molecule has 0 atom stereocenters. The van der Waals surface area contributed by atoms with Gasteiger partial charge in [-0.25, -0.2) is 9.18 Å². The van der Waals surface area contributed by atoms with E-state index < -0.39 is 23.2 Å². The predicted molar refractivity (Wildman–Crippen MR) is 106 cm³/mol. The van der Waals surface area contributed by atoms with Crippen LogP contribution in [0.2, 0.25) is 0 Å². The Balaban J connectivity index is 1.66. The summed E-state index contributed by atoms with van der Waals surface area (Å²) < 4.78 is 24.8. The van der Waals surface area contributed by atoms with Gasteiger partial charge in [0, 0.05) is 5.56 Å². The summed E-state index contributed by atoms with van der Waals surface area (Å²) >= 11 is 1.24. The number of carbonyl (C=O) groups excluding carboxylic acids is 3. The SMILES string of the molecule is CCOC(=O)/C=C1\SCC(=O)N1CCOC(=O)C1(c2ccccc2F)CCCC1. The zero-order valence-electron chi connectivity index (χ0n) is 16.3. The molecule has 1 aromatic carbocycles. The van der Waals surface area contributed by atoms with E-state index in [2.05, 4.69) is 0 Å². The third kappa shape index (κ3) is 4.63. The van der Waals surface area contributed by atoms with Crippen LogP contribution in [0.3, 0.4) is 0 Å². The molecule has 1 aliphatic heterocycles. The quantitative estimate of drug-likeness (QED) is 0.497. The maximum Gasteiger partial charge on any atom is 0.333 e. The van der Waals surface area contributed by atoms with Crippen LogP contribution in [-0.2, 0) is 29.3 Å². The van der Waals surface area contributed by atoms with Gasteiger partial charge in [0.25, 0.3) is 0 Å². The molecule has 29 heavy (non-hydrogen) atoms. The van der Waals surface area contributed by atoms with Crippen LogP contribution in [0.25, 0.3) is 0 Å². The van der Waals surface area contributed by atoms with Gasteiger partial charge in [-0.05, 0) is 25.8 Å².